The maximum atomic E-state index is 5.18. The molecule has 0 saturated heterocycles. The summed E-state index contributed by atoms with van der Waals surface area (Å²) in [6.45, 7) is 0. The van der Waals surface area contributed by atoms with Crippen molar-refractivity contribution in [1.29, 1.82) is 0 Å². The van der Waals surface area contributed by atoms with Crippen molar-refractivity contribution in [2.75, 3.05) is 0 Å². The largest absolute Gasteiger partial charge is 0.309 e. The summed E-state index contributed by atoms with van der Waals surface area (Å²) in [4.78, 5) is 5.18. The number of aromatic nitrogens is 3. The number of benzene rings is 8. The molecule has 262 valence electrons. The first-order chi connectivity index (χ1) is 27.8. The fourth-order valence-electron chi connectivity index (χ4n) is 8.45. The van der Waals surface area contributed by atoms with Gasteiger partial charge in [0.25, 0.3) is 0 Å². The third kappa shape index (κ3) is 5.32. The molecule has 0 radical (unpaired) electrons. The van der Waals surface area contributed by atoms with Gasteiger partial charge in [-0.1, -0.05) is 146 Å². The van der Waals surface area contributed by atoms with Crippen LogP contribution in [-0.4, -0.2) is 14.1 Å². The van der Waals surface area contributed by atoms with Crippen molar-refractivity contribution in [3.8, 4) is 56.1 Å². The summed E-state index contributed by atoms with van der Waals surface area (Å²) >= 11 is 0. The Morgan fingerprint density at radius 2 is 0.696 bits per heavy atom. The van der Waals surface area contributed by atoms with Gasteiger partial charge >= 0.3 is 0 Å². The van der Waals surface area contributed by atoms with E-state index in [2.05, 4.69) is 215 Å². The van der Waals surface area contributed by atoms with Crippen molar-refractivity contribution in [3.05, 3.63) is 212 Å². The van der Waals surface area contributed by atoms with E-state index in [1.54, 1.807) is 0 Å². The van der Waals surface area contributed by atoms with Crippen LogP contribution in [-0.2, 0) is 0 Å². The molecule has 0 atom stereocenters. The number of rotatable bonds is 6. The van der Waals surface area contributed by atoms with E-state index in [-0.39, 0.29) is 0 Å². The summed E-state index contributed by atoms with van der Waals surface area (Å²) in [5.41, 5.74) is 15.9. The van der Waals surface area contributed by atoms with Gasteiger partial charge in [0, 0.05) is 44.0 Å². The standard InChI is InChI=1S/C53H35N3/c1-4-14-36(15-5-1)41-33-48(37-16-6-2-7-17-37)54-49(34-41)38-24-28-43(29-25-38)55-51-23-13-11-21-45(51)47-32-39(27-31-52(47)55)40-26-30-46-44-20-10-12-22-50(44)56(53(46)35-40)42-18-8-3-9-19-42/h1-35H. The summed E-state index contributed by atoms with van der Waals surface area (Å²) in [7, 11) is 0. The van der Waals surface area contributed by atoms with E-state index in [0.29, 0.717) is 0 Å². The lowest BCUT2D eigenvalue weighted by molar-refractivity contribution is 1.18. The average molecular weight is 714 g/mol. The monoisotopic (exact) mass is 713 g/mol. The molecule has 56 heavy (non-hydrogen) atoms. The molecule has 0 saturated carbocycles. The third-order valence-corrected chi connectivity index (χ3v) is 11.1. The van der Waals surface area contributed by atoms with Gasteiger partial charge in [-0.25, -0.2) is 4.98 Å². The third-order valence-electron chi connectivity index (χ3n) is 11.1. The van der Waals surface area contributed by atoms with Crippen LogP contribution in [0.25, 0.3) is 99.8 Å². The molecular formula is C53H35N3. The Balaban J connectivity index is 1.02. The van der Waals surface area contributed by atoms with Gasteiger partial charge in [0.05, 0.1) is 33.5 Å². The average Bonchev–Trinajstić information content (AvgIpc) is 3.79. The molecule has 8 aromatic carbocycles. The molecule has 3 aromatic heterocycles. The van der Waals surface area contributed by atoms with E-state index in [0.717, 1.165) is 39.5 Å². The molecule has 0 fully saturated rings. The zero-order valence-corrected chi connectivity index (χ0v) is 30.5. The van der Waals surface area contributed by atoms with E-state index in [9.17, 15) is 0 Å². The molecule has 0 aliphatic rings. The normalized spacial score (nSPS) is 11.6. The van der Waals surface area contributed by atoms with Crippen LogP contribution in [0.15, 0.2) is 212 Å². The van der Waals surface area contributed by atoms with Gasteiger partial charge in [0.2, 0.25) is 0 Å². The Kier molecular flexibility index (Phi) is 7.49. The highest BCUT2D eigenvalue weighted by Gasteiger charge is 2.17. The van der Waals surface area contributed by atoms with Crippen molar-refractivity contribution in [1.82, 2.24) is 14.1 Å². The molecule has 11 aromatic rings. The predicted molar refractivity (Wildman–Crippen MR) is 235 cm³/mol. The van der Waals surface area contributed by atoms with E-state index >= 15 is 0 Å². The van der Waals surface area contributed by atoms with Crippen molar-refractivity contribution < 1.29 is 0 Å². The van der Waals surface area contributed by atoms with Crippen molar-refractivity contribution >= 4 is 43.6 Å². The highest BCUT2D eigenvalue weighted by atomic mass is 15.0. The number of fused-ring (bicyclic) bond motifs is 6. The Labute approximate surface area is 325 Å². The molecule has 0 aliphatic carbocycles. The number of para-hydroxylation sites is 3. The van der Waals surface area contributed by atoms with Gasteiger partial charge in [-0.05, 0) is 89.0 Å². The number of hydrogen-bond acceptors (Lipinski definition) is 1. The fourth-order valence-corrected chi connectivity index (χ4v) is 8.45. The summed E-state index contributed by atoms with van der Waals surface area (Å²) in [5.74, 6) is 0. The lowest BCUT2D eigenvalue weighted by Crippen LogP contribution is -1.95. The minimum atomic E-state index is 0.951. The summed E-state index contributed by atoms with van der Waals surface area (Å²) < 4.78 is 4.77. The lowest BCUT2D eigenvalue weighted by atomic mass is 10.00. The number of nitrogens with zero attached hydrogens (tertiary/aromatic N) is 3. The van der Waals surface area contributed by atoms with Gasteiger partial charge in [0.15, 0.2) is 0 Å². The van der Waals surface area contributed by atoms with Gasteiger partial charge in [-0.15, -0.1) is 0 Å². The minimum absolute atomic E-state index is 0.951. The summed E-state index contributed by atoms with van der Waals surface area (Å²) in [6.07, 6.45) is 0. The van der Waals surface area contributed by atoms with Crippen LogP contribution in [0.4, 0.5) is 0 Å². The van der Waals surface area contributed by atoms with Crippen LogP contribution in [0.2, 0.25) is 0 Å². The van der Waals surface area contributed by atoms with Crippen LogP contribution in [0.5, 0.6) is 0 Å². The molecule has 0 amide bonds. The highest BCUT2D eigenvalue weighted by molar-refractivity contribution is 6.12. The van der Waals surface area contributed by atoms with E-state index in [1.165, 1.54) is 60.3 Å². The smallest absolute Gasteiger partial charge is 0.0715 e. The van der Waals surface area contributed by atoms with Crippen molar-refractivity contribution in [2.45, 2.75) is 0 Å². The lowest BCUT2D eigenvalue weighted by Gasteiger charge is -2.12. The molecule has 0 bridgehead atoms. The van der Waals surface area contributed by atoms with Gasteiger partial charge in [-0.3, -0.25) is 0 Å². The second-order valence-corrected chi connectivity index (χ2v) is 14.4. The van der Waals surface area contributed by atoms with Crippen LogP contribution >= 0.6 is 0 Å². The molecule has 3 nitrogen and oxygen atoms in total. The van der Waals surface area contributed by atoms with Gasteiger partial charge in [-0.2, -0.15) is 0 Å². The Morgan fingerprint density at radius 3 is 1.38 bits per heavy atom. The van der Waals surface area contributed by atoms with Gasteiger partial charge < -0.3 is 9.13 Å². The Hall–Kier alpha value is -7.49. The fraction of sp³-hybridized carbons (Fsp3) is 0. The van der Waals surface area contributed by atoms with Crippen LogP contribution in [0.1, 0.15) is 0 Å². The van der Waals surface area contributed by atoms with Crippen molar-refractivity contribution in [3.63, 3.8) is 0 Å². The molecule has 3 heterocycles. The second kappa shape index (κ2) is 13.1. The summed E-state index contributed by atoms with van der Waals surface area (Å²) in [6, 6.07) is 76.2. The molecule has 0 unspecified atom stereocenters. The molecule has 3 heteroatoms. The van der Waals surface area contributed by atoms with Crippen LogP contribution in [0.3, 0.4) is 0 Å². The quantitative estimate of drug-likeness (QED) is 0.168. The Bertz CT molecular complexity index is 3150. The Morgan fingerprint density at radius 1 is 0.250 bits per heavy atom. The van der Waals surface area contributed by atoms with Gasteiger partial charge in [0.1, 0.15) is 0 Å². The van der Waals surface area contributed by atoms with E-state index < -0.39 is 0 Å². The van der Waals surface area contributed by atoms with E-state index in [1.807, 2.05) is 6.07 Å². The number of hydrogen-bond donors (Lipinski definition) is 0. The molecule has 11 rings (SSSR count). The molecule has 0 spiro atoms. The first-order valence-electron chi connectivity index (χ1n) is 19.1. The zero-order valence-electron chi connectivity index (χ0n) is 30.5. The number of pyridine rings is 1. The SMILES string of the molecule is c1ccc(-c2cc(-c3ccccc3)nc(-c3ccc(-n4c5ccccc5c5cc(-c6ccc7c8ccccc8n(-c8ccccc8)c7c6)ccc54)cc3)c2)cc1. The van der Waals surface area contributed by atoms with Crippen LogP contribution < -0.4 is 0 Å². The molecule has 0 aliphatic heterocycles. The predicted octanol–water partition coefficient (Wildman–Crippen LogP) is 13.9. The summed E-state index contributed by atoms with van der Waals surface area (Å²) in [5, 5.41) is 4.99. The van der Waals surface area contributed by atoms with Crippen molar-refractivity contribution in [2.24, 2.45) is 0 Å². The van der Waals surface area contributed by atoms with E-state index in [4.69, 9.17) is 4.98 Å². The zero-order chi connectivity index (χ0) is 37.0. The minimum Gasteiger partial charge on any atom is -0.309 e. The molecule has 0 N–H and O–H groups in total. The first kappa shape index (κ1) is 32.0. The maximum Gasteiger partial charge on any atom is 0.0715 e. The highest BCUT2D eigenvalue weighted by Crippen LogP contribution is 2.39. The first-order valence-corrected chi connectivity index (χ1v) is 19.1. The van der Waals surface area contributed by atoms with Crippen LogP contribution in [0, 0.1) is 0 Å². The topological polar surface area (TPSA) is 22.8 Å². The maximum absolute atomic E-state index is 5.18. The molecular weight excluding hydrogens is 679 g/mol. The second-order valence-electron chi connectivity index (χ2n) is 14.4.